The summed E-state index contributed by atoms with van der Waals surface area (Å²) >= 11 is 0. The molecule has 1 heterocycles. The number of aliphatic carboxylic acids is 1. The Balaban J connectivity index is 1.86. The van der Waals surface area contributed by atoms with Crippen molar-refractivity contribution in [2.24, 2.45) is 0 Å². The molecule has 5 heteroatoms. The minimum atomic E-state index is -0.981. The molecule has 0 radical (unpaired) electrons. The van der Waals surface area contributed by atoms with Gasteiger partial charge in [0.1, 0.15) is 29.5 Å². The fourth-order valence-corrected chi connectivity index (χ4v) is 3.52. The zero-order chi connectivity index (χ0) is 20.7. The molecule has 0 aromatic heterocycles. The molecule has 0 spiro atoms. The van der Waals surface area contributed by atoms with Crippen LogP contribution >= 0.6 is 0 Å². The van der Waals surface area contributed by atoms with Crippen molar-refractivity contribution in [2.75, 3.05) is 0 Å². The van der Waals surface area contributed by atoms with E-state index in [9.17, 15) is 14.3 Å². The zero-order valence-corrected chi connectivity index (χ0v) is 17.1. The molecule has 0 saturated heterocycles. The van der Waals surface area contributed by atoms with Gasteiger partial charge in [0.25, 0.3) is 0 Å². The third-order valence-electron chi connectivity index (χ3n) is 5.28. The third kappa shape index (κ3) is 3.84. The number of rotatable bonds is 6. The van der Waals surface area contributed by atoms with E-state index in [4.69, 9.17) is 9.47 Å². The molecule has 4 nitrogen and oxygen atoms in total. The molecule has 1 N–H and O–H groups in total. The van der Waals surface area contributed by atoms with Crippen molar-refractivity contribution in [2.45, 2.75) is 65.1 Å². The molecule has 2 aromatic rings. The van der Waals surface area contributed by atoms with E-state index in [2.05, 4.69) is 0 Å². The second-order valence-electron chi connectivity index (χ2n) is 8.49. The van der Waals surface area contributed by atoms with Crippen LogP contribution in [0.5, 0.6) is 11.5 Å². The van der Waals surface area contributed by atoms with E-state index in [1.807, 2.05) is 26.8 Å². The fourth-order valence-electron chi connectivity index (χ4n) is 3.52. The van der Waals surface area contributed by atoms with Gasteiger partial charge < -0.3 is 14.6 Å². The first-order chi connectivity index (χ1) is 13.0. The van der Waals surface area contributed by atoms with Crippen LogP contribution in [0, 0.1) is 5.82 Å². The van der Waals surface area contributed by atoms with Gasteiger partial charge in [-0.15, -0.1) is 0 Å². The minimum absolute atomic E-state index is 0.185. The first-order valence-corrected chi connectivity index (χ1v) is 9.53. The normalized spacial score (nSPS) is 15.1. The van der Waals surface area contributed by atoms with E-state index in [0.717, 1.165) is 16.7 Å². The summed E-state index contributed by atoms with van der Waals surface area (Å²) in [6.45, 7) is 9.50. The number of carbonyl (C=O) groups is 1. The number of aryl methyl sites for hydroxylation is 1. The SMILES string of the molecule is CCc1cc(C(C)(C)C(=O)O)ccc1OCc1cc(F)cc2c1OC(C)(C)C2. The van der Waals surface area contributed by atoms with E-state index in [-0.39, 0.29) is 18.0 Å². The summed E-state index contributed by atoms with van der Waals surface area (Å²) in [5.74, 6) is 0.196. The first-order valence-electron chi connectivity index (χ1n) is 9.53. The van der Waals surface area contributed by atoms with Gasteiger partial charge >= 0.3 is 5.97 Å². The van der Waals surface area contributed by atoms with Crippen LogP contribution < -0.4 is 9.47 Å². The zero-order valence-electron chi connectivity index (χ0n) is 17.1. The highest BCUT2D eigenvalue weighted by molar-refractivity contribution is 5.80. The number of carboxylic acids is 1. The van der Waals surface area contributed by atoms with Crippen LogP contribution in [0.15, 0.2) is 30.3 Å². The molecule has 0 amide bonds. The molecule has 28 heavy (non-hydrogen) atoms. The van der Waals surface area contributed by atoms with Gasteiger partial charge in [-0.3, -0.25) is 4.79 Å². The number of carboxylic acid groups (broad SMARTS) is 1. The predicted octanol–water partition coefficient (Wildman–Crippen LogP) is 5.04. The molecule has 1 aliphatic heterocycles. The number of hydrogen-bond acceptors (Lipinski definition) is 3. The molecule has 3 rings (SSSR count). The van der Waals surface area contributed by atoms with E-state index in [1.165, 1.54) is 12.1 Å². The van der Waals surface area contributed by atoms with E-state index >= 15 is 0 Å². The topological polar surface area (TPSA) is 55.8 Å². The lowest BCUT2D eigenvalue weighted by Gasteiger charge is -2.22. The molecule has 2 aromatic carbocycles. The summed E-state index contributed by atoms with van der Waals surface area (Å²) in [4.78, 5) is 11.5. The van der Waals surface area contributed by atoms with Crippen molar-refractivity contribution >= 4 is 5.97 Å². The number of ether oxygens (including phenoxy) is 2. The molecule has 0 aliphatic carbocycles. The quantitative estimate of drug-likeness (QED) is 0.755. The molecule has 0 fully saturated rings. The average molecular weight is 386 g/mol. The summed E-state index contributed by atoms with van der Waals surface area (Å²) in [6, 6.07) is 8.42. The van der Waals surface area contributed by atoms with Gasteiger partial charge in [-0.1, -0.05) is 19.1 Å². The second kappa shape index (κ2) is 7.12. The number of halogens is 1. The Morgan fingerprint density at radius 2 is 1.96 bits per heavy atom. The lowest BCUT2D eigenvalue weighted by molar-refractivity contribution is -0.142. The summed E-state index contributed by atoms with van der Waals surface area (Å²) in [7, 11) is 0. The third-order valence-corrected chi connectivity index (χ3v) is 5.28. The van der Waals surface area contributed by atoms with E-state index < -0.39 is 11.4 Å². The Hall–Kier alpha value is -2.56. The average Bonchev–Trinajstić information content (AvgIpc) is 2.93. The maximum Gasteiger partial charge on any atom is 0.313 e. The van der Waals surface area contributed by atoms with Gasteiger partial charge in [0.15, 0.2) is 0 Å². The Morgan fingerprint density at radius 1 is 1.25 bits per heavy atom. The smallest absolute Gasteiger partial charge is 0.313 e. The van der Waals surface area contributed by atoms with Crippen LogP contribution in [-0.4, -0.2) is 16.7 Å². The van der Waals surface area contributed by atoms with Crippen LogP contribution in [0.3, 0.4) is 0 Å². The Morgan fingerprint density at radius 3 is 2.61 bits per heavy atom. The Kier molecular flexibility index (Phi) is 5.13. The van der Waals surface area contributed by atoms with Crippen molar-refractivity contribution in [3.63, 3.8) is 0 Å². The second-order valence-corrected chi connectivity index (χ2v) is 8.49. The standard InChI is InChI=1S/C23H27FO4/c1-6-14-9-17(23(4,5)21(25)26)7-8-19(14)27-13-16-11-18(24)10-15-12-22(2,3)28-20(15)16/h7-11H,6,12-13H2,1-5H3,(H,25,26). The van der Waals surface area contributed by atoms with Crippen LogP contribution in [-0.2, 0) is 29.7 Å². The molecule has 0 unspecified atom stereocenters. The predicted molar refractivity (Wildman–Crippen MR) is 106 cm³/mol. The maximum absolute atomic E-state index is 14.0. The summed E-state index contributed by atoms with van der Waals surface area (Å²) < 4.78 is 26.0. The van der Waals surface area contributed by atoms with Gasteiger partial charge in [-0.25, -0.2) is 4.39 Å². The Bertz CT molecular complexity index is 915. The molecule has 0 bridgehead atoms. The van der Waals surface area contributed by atoms with Gasteiger partial charge in [-0.2, -0.15) is 0 Å². The van der Waals surface area contributed by atoms with Crippen molar-refractivity contribution < 1.29 is 23.8 Å². The summed E-state index contributed by atoms with van der Waals surface area (Å²) in [5.41, 5.74) is 1.84. The number of hydrogen-bond donors (Lipinski definition) is 1. The lowest BCUT2D eigenvalue weighted by atomic mass is 9.83. The van der Waals surface area contributed by atoms with Gasteiger partial charge in [0.05, 0.1) is 5.41 Å². The van der Waals surface area contributed by atoms with Crippen molar-refractivity contribution in [3.8, 4) is 11.5 Å². The number of benzene rings is 2. The van der Waals surface area contributed by atoms with Crippen molar-refractivity contribution in [1.82, 2.24) is 0 Å². The van der Waals surface area contributed by atoms with Crippen LogP contribution in [0.4, 0.5) is 4.39 Å². The first kappa shape index (κ1) is 20.2. The van der Waals surface area contributed by atoms with Gasteiger partial charge in [0, 0.05) is 17.5 Å². The minimum Gasteiger partial charge on any atom is -0.488 e. The van der Waals surface area contributed by atoms with Gasteiger partial charge in [-0.05, 0) is 63.4 Å². The van der Waals surface area contributed by atoms with Crippen LogP contribution in [0.1, 0.15) is 56.9 Å². The van der Waals surface area contributed by atoms with Crippen molar-refractivity contribution in [1.29, 1.82) is 0 Å². The highest BCUT2D eigenvalue weighted by Crippen LogP contribution is 2.39. The molecular formula is C23H27FO4. The maximum atomic E-state index is 14.0. The van der Waals surface area contributed by atoms with Gasteiger partial charge in [0.2, 0.25) is 0 Å². The lowest BCUT2D eigenvalue weighted by Crippen LogP contribution is -2.28. The molecule has 0 atom stereocenters. The largest absolute Gasteiger partial charge is 0.488 e. The van der Waals surface area contributed by atoms with Crippen LogP contribution in [0.2, 0.25) is 0 Å². The number of fused-ring (bicyclic) bond motifs is 1. The van der Waals surface area contributed by atoms with E-state index in [1.54, 1.807) is 26.0 Å². The molecule has 0 saturated carbocycles. The fraction of sp³-hybridized carbons (Fsp3) is 0.435. The van der Waals surface area contributed by atoms with Crippen LogP contribution in [0.25, 0.3) is 0 Å². The summed E-state index contributed by atoms with van der Waals surface area (Å²) in [5, 5.41) is 9.46. The summed E-state index contributed by atoms with van der Waals surface area (Å²) in [6.07, 6.45) is 1.36. The molecule has 150 valence electrons. The van der Waals surface area contributed by atoms with E-state index in [0.29, 0.717) is 29.9 Å². The molecule has 1 aliphatic rings. The molecular weight excluding hydrogens is 359 g/mol. The highest BCUT2D eigenvalue weighted by atomic mass is 19.1. The van der Waals surface area contributed by atoms with Crippen molar-refractivity contribution in [3.05, 3.63) is 58.4 Å². The Labute approximate surface area is 165 Å². The monoisotopic (exact) mass is 386 g/mol. The highest BCUT2D eigenvalue weighted by Gasteiger charge is 2.33.